The smallest absolute Gasteiger partial charge is 0.309 e. The van der Waals surface area contributed by atoms with Gasteiger partial charge in [0.25, 0.3) is 0 Å². The minimum Gasteiger partial charge on any atom is -0.458 e. The zero-order valence-corrected chi connectivity index (χ0v) is 21.9. The molecule has 0 amide bonds. The van der Waals surface area contributed by atoms with Crippen LogP contribution >= 0.6 is 0 Å². The zero-order valence-electron chi connectivity index (χ0n) is 21.9. The minimum atomic E-state index is -1.29. The van der Waals surface area contributed by atoms with E-state index < -0.39 is 41.2 Å². The number of aliphatic hydroxyl groups is 3. The number of aromatic nitrogens is 1. The van der Waals surface area contributed by atoms with Crippen LogP contribution in [-0.2, 0) is 25.7 Å². The third-order valence-electron chi connectivity index (χ3n) is 7.58. The minimum absolute atomic E-state index is 0.163. The maximum Gasteiger partial charge on any atom is 0.309 e. The van der Waals surface area contributed by atoms with Crippen LogP contribution < -0.4 is 0 Å². The molecule has 0 saturated carbocycles. The van der Waals surface area contributed by atoms with Crippen LogP contribution in [0.25, 0.3) is 6.08 Å². The van der Waals surface area contributed by atoms with E-state index in [1.54, 1.807) is 33.8 Å². The van der Waals surface area contributed by atoms with E-state index in [-0.39, 0.29) is 36.7 Å². The molecule has 36 heavy (non-hydrogen) atoms. The van der Waals surface area contributed by atoms with Crippen LogP contribution in [0, 0.1) is 17.3 Å². The molecule has 9 heteroatoms. The second kappa shape index (κ2) is 11.0. The highest BCUT2D eigenvalue weighted by Crippen LogP contribution is 2.44. The van der Waals surface area contributed by atoms with Crippen LogP contribution in [0.2, 0.25) is 0 Å². The summed E-state index contributed by atoms with van der Waals surface area (Å²) in [5, 5.41) is 30.8. The molecule has 0 aliphatic carbocycles. The van der Waals surface area contributed by atoms with Gasteiger partial charge in [-0.2, -0.15) is 0 Å². The largest absolute Gasteiger partial charge is 0.458 e. The number of cyclic esters (lactones) is 1. The van der Waals surface area contributed by atoms with Gasteiger partial charge in [-0.15, -0.1) is 0 Å². The number of Topliss-reactive ketones (excluding diaryl/α,β-unsaturated/α-hetero) is 1. The van der Waals surface area contributed by atoms with Gasteiger partial charge in [-0.3, -0.25) is 9.59 Å². The second-order valence-electron chi connectivity index (χ2n) is 10.9. The highest BCUT2D eigenvalue weighted by Gasteiger charge is 2.52. The molecule has 2 unspecified atom stereocenters. The van der Waals surface area contributed by atoms with E-state index in [9.17, 15) is 24.9 Å². The van der Waals surface area contributed by atoms with Gasteiger partial charge in [0.1, 0.15) is 30.5 Å². The monoisotopic (exact) mass is 505 g/mol. The topological polar surface area (TPSA) is 143 Å². The van der Waals surface area contributed by atoms with E-state index in [2.05, 4.69) is 4.98 Å². The summed E-state index contributed by atoms with van der Waals surface area (Å²) < 4.78 is 16.9. The van der Waals surface area contributed by atoms with Gasteiger partial charge in [0.05, 0.1) is 35.7 Å². The number of ketones is 1. The Morgan fingerprint density at radius 3 is 2.56 bits per heavy atom. The lowest BCUT2D eigenvalue weighted by atomic mass is 9.73. The molecule has 7 atom stereocenters. The van der Waals surface area contributed by atoms with Crippen molar-refractivity contribution in [1.29, 1.82) is 0 Å². The Labute approximate surface area is 212 Å². The molecule has 1 saturated heterocycles. The van der Waals surface area contributed by atoms with E-state index in [4.69, 9.17) is 13.9 Å². The number of rotatable bonds is 3. The molecule has 1 aromatic heterocycles. The summed E-state index contributed by atoms with van der Waals surface area (Å²) in [7, 11) is 0. The molecular formula is C27H39NO8. The van der Waals surface area contributed by atoms with Gasteiger partial charge in [0.2, 0.25) is 5.89 Å². The summed E-state index contributed by atoms with van der Waals surface area (Å²) in [4.78, 5) is 30.3. The quantitative estimate of drug-likeness (QED) is 0.321. The van der Waals surface area contributed by atoms with Crippen LogP contribution in [0.5, 0.6) is 0 Å². The van der Waals surface area contributed by atoms with Gasteiger partial charge in [0.15, 0.2) is 0 Å². The van der Waals surface area contributed by atoms with Gasteiger partial charge < -0.3 is 29.2 Å². The third kappa shape index (κ3) is 6.32. The zero-order chi connectivity index (χ0) is 26.8. The Morgan fingerprint density at radius 1 is 1.22 bits per heavy atom. The number of nitrogens with zero attached hydrogens (tertiary/aromatic N) is 1. The average molecular weight is 506 g/mol. The number of aliphatic hydroxyl groups excluding tert-OH is 3. The van der Waals surface area contributed by atoms with Crippen molar-refractivity contribution >= 4 is 17.8 Å². The number of ether oxygens (including phenoxy) is 2. The summed E-state index contributed by atoms with van der Waals surface area (Å²) in [6, 6.07) is 0. The standard InChI is InChI=1S/C27H39NO8/c1-15-8-7-9-27(6)21(36-27)11-19(16(2)10-18-14-34-22(13-29)28-18)35-23(31)12-20(30)26(4,5)25(33)17(3)24(15)32/h7-8,10,14-15,17,19-21,24,29-30,32H,9,11-13H2,1-6H3/b8-7+,16-10+/t15-,17+,19-,20-,21?,24-,27?/m0/s1. The highest BCUT2D eigenvalue weighted by molar-refractivity contribution is 5.88. The lowest BCUT2D eigenvalue weighted by molar-refractivity contribution is -0.154. The van der Waals surface area contributed by atoms with Crippen molar-refractivity contribution in [2.45, 2.75) is 97.4 Å². The lowest BCUT2D eigenvalue weighted by Crippen LogP contribution is -2.45. The number of hydrogen-bond donors (Lipinski definition) is 3. The lowest BCUT2D eigenvalue weighted by Gasteiger charge is -2.34. The fourth-order valence-electron chi connectivity index (χ4n) is 4.69. The van der Waals surface area contributed by atoms with E-state index in [0.717, 1.165) is 0 Å². The maximum absolute atomic E-state index is 13.2. The molecule has 0 aromatic carbocycles. The van der Waals surface area contributed by atoms with E-state index in [1.165, 1.54) is 6.26 Å². The summed E-state index contributed by atoms with van der Waals surface area (Å²) in [5.41, 5.74) is -0.523. The Morgan fingerprint density at radius 2 is 1.92 bits per heavy atom. The fourth-order valence-corrected chi connectivity index (χ4v) is 4.69. The normalized spacial score (nSPS) is 37.2. The van der Waals surface area contributed by atoms with Gasteiger partial charge in [0, 0.05) is 18.3 Å². The Kier molecular flexibility index (Phi) is 8.60. The van der Waals surface area contributed by atoms with Crippen molar-refractivity contribution in [2.24, 2.45) is 17.3 Å². The second-order valence-corrected chi connectivity index (χ2v) is 10.9. The van der Waals surface area contributed by atoms with Gasteiger partial charge in [-0.05, 0) is 31.9 Å². The number of esters is 1. The van der Waals surface area contributed by atoms with E-state index in [1.807, 2.05) is 26.0 Å². The molecule has 0 radical (unpaired) electrons. The number of carbonyl (C=O) groups excluding carboxylic acids is 2. The predicted octanol–water partition coefficient (Wildman–Crippen LogP) is 2.97. The summed E-state index contributed by atoms with van der Waals surface area (Å²) in [6.45, 7) is 10.1. The molecule has 3 rings (SSSR count). The molecule has 200 valence electrons. The average Bonchev–Trinajstić information content (AvgIpc) is 3.23. The fraction of sp³-hybridized carbons (Fsp3) is 0.667. The predicted molar refractivity (Wildman–Crippen MR) is 131 cm³/mol. The molecule has 0 bridgehead atoms. The molecule has 1 aromatic rings. The molecule has 3 heterocycles. The van der Waals surface area contributed by atoms with E-state index >= 15 is 0 Å². The Hall–Kier alpha value is -2.33. The number of hydrogen-bond acceptors (Lipinski definition) is 9. The number of oxazole rings is 1. The van der Waals surface area contributed by atoms with Crippen LogP contribution in [0.1, 0.15) is 72.4 Å². The first-order valence-electron chi connectivity index (χ1n) is 12.5. The van der Waals surface area contributed by atoms with Gasteiger partial charge >= 0.3 is 5.97 Å². The van der Waals surface area contributed by atoms with Crippen LogP contribution in [0.4, 0.5) is 0 Å². The maximum atomic E-state index is 13.2. The summed E-state index contributed by atoms with van der Waals surface area (Å²) in [6.07, 6.45) is 4.56. The van der Waals surface area contributed by atoms with Crippen LogP contribution in [0.3, 0.4) is 0 Å². The van der Waals surface area contributed by atoms with Crippen molar-refractivity contribution in [3.63, 3.8) is 0 Å². The van der Waals surface area contributed by atoms with Crippen molar-refractivity contribution in [1.82, 2.24) is 4.98 Å². The third-order valence-corrected chi connectivity index (χ3v) is 7.58. The molecular weight excluding hydrogens is 466 g/mol. The van der Waals surface area contributed by atoms with Gasteiger partial charge in [-0.25, -0.2) is 4.98 Å². The molecule has 2 aliphatic rings. The molecule has 3 N–H and O–H groups in total. The highest BCUT2D eigenvalue weighted by atomic mass is 16.6. The first-order valence-corrected chi connectivity index (χ1v) is 12.5. The first-order chi connectivity index (χ1) is 16.8. The SMILES string of the molecule is C/C(=C\c1coc(CO)n1)[C@@H]1CC2OC2(C)C/C=C/[C@H](C)[C@H](O)[C@@H](C)C(=O)C(C)(C)[C@@H](O)CC(=O)O1. The molecule has 1 fully saturated rings. The Balaban J connectivity index is 1.89. The number of carbonyl (C=O) groups is 2. The first kappa shape index (κ1) is 28.2. The van der Waals surface area contributed by atoms with Crippen LogP contribution in [0.15, 0.2) is 28.4 Å². The molecule has 0 spiro atoms. The van der Waals surface area contributed by atoms with Crippen molar-refractivity contribution in [2.75, 3.05) is 0 Å². The molecule has 2 aliphatic heterocycles. The summed E-state index contributed by atoms with van der Waals surface area (Å²) >= 11 is 0. The van der Waals surface area contributed by atoms with Crippen molar-refractivity contribution < 1.29 is 38.8 Å². The van der Waals surface area contributed by atoms with Crippen molar-refractivity contribution in [3.05, 3.63) is 35.6 Å². The van der Waals surface area contributed by atoms with E-state index in [0.29, 0.717) is 24.1 Å². The number of epoxide rings is 1. The van der Waals surface area contributed by atoms with Crippen molar-refractivity contribution in [3.8, 4) is 0 Å². The summed E-state index contributed by atoms with van der Waals surface area (Å²) in [5.74, 6) is -1.80. The van der Waals surface area contributed by atoms with Crippen LogP contribution in [-0.4, -0.2) is 62.1 Å². The van der Waals surface area contributed by atoms with Gasteiger partial charge in [-0.1, -0.05) is 39.8 Å². The Bertz CT molecular complexity index is 1010. The molecule has 9 nitrogen and oxygen atoms in total. The number of fused-ring (bicyclic) bond motifs is 1.